The second kappa shape index (κ2) is 5.69. The van der Waals surface area contributed by atoms with Gasteiger partial charge in [-0.15, -0.1) is 0 Å². The fourth-order valence-electron chi connectivity index (χ4n) is 2.58. The standard InChI is InChI=1S/C11H25N3/c1-5-9-6-11(14(3)4)7-10(9)8-13-12-2/h9-13H,5-8H2,1-4H3. The van der Waals surface area contributed by atoms with Gasteiger partial charge < -0.3 is 4.90 Å². The minimum Gasteiger partial charge on any atom is -0.306 e. The molecule has 1 aliphatic carbocycles. The molecular formula is C11H25N3. The molecule has 3 heteroatoms. The van der Waals surface area contributed by atoms with E-state index in [1.54, 1.807) is 0 Å². The highest BCUT2D eigenvalue weighted by atomic mass is 15.3. The maximum Gasteiger partial charge on any atom is 0.0131 e. The van der Waals surface area contributed by atoms with E-state index in [2.05, 4.69) is 36.8 Å². The number of nitrogens with one attached hydrogen (secondary N) is 2. The van der Waals surface area contributed by atoms with E-state index in [4.69, 9.17) is 0 Å². The maximum absolute atomic E-state index is 3.25. The molecule has 3 nitrogen and oxygen atoms in total. The molecule has 1 aliphatic rings. The van der Waals surface area contributed by atoms with Gasteiger partial charge in [0.2, 0.25) is 0 Å². The first-order valence-electron chi connectivity index (χ1n) is 5.75. The van der Waals surface area contributed by atoms with Gasteiger partial charge in [0.1, 0.15) is 0 Å². The predicted octanol–water partition coefficient (Wildman–Crippen LogP) is 1.08. The van der Waals surface area contributed by atoms with Crippen molar-refractivity contribution in [3.8, 4) is 0 Å². The molecule has 0 aliphatic heterocycles. The quantitative estimate of drug-likeness (QED) is 0.649. The smallest absolute Gasteiger partial charge is 0.0131 e. The van der Waals surface area contributed by atoms with Gasteiger partial charge >= 0.3 is 0 Å². The van der Waals surface area contributed by atoms with Crippen LogP contribution in [-0.4, -0.2) is 38.6 Å². The minimum atomic E-state index is 0.795. The summed E-state index contributed by atoms with van der Waals surface area (Å²) in [5, 5.41) is 0. The normalized spacial score (nSPS) is 32.8. The summed E-state index contributed by atoms with van der Waals surface area (Å²) in [6.07, 6.45) is 4.04. The highest BCUT2D eigenvalue weighted by Crippen LogP contribution is 2.35. The van der Waals surface area contributed by atoms with Crippen LogP contribution in [0.3, 0.4) is 0 Å². The molecule has 3 atom stereocenters. The molecule has 2 N–H and O–H groups in total. The topological polar surface area (TPSA) is 27.3 Å². The molecule has 0 aromatic rings. The van der Waals surface area contributed by atoms with Crippen LogP contribution in [0.1, 0.15) is 26.2 Å². The van der Waals surface area contributed by atoms with Crippen LogP contribution in [0.5, 0.6) is 0 Å². The van der Waals surface area contributed by atoms with Gasteiger partial charge in [-0.3, -0.25) is 10.9 Å². The van der Waals surface area contributed by atoms with Gasteiger partial charge in [0, 0.05) is 12.6 Å². The van der Waals surface area contributed by atoms with Gasteiger partial charge in [0.15, 0.2) is 0 Å². The summed E-state index contributed by atoms with van der Waals surface area (Å²) < 4.78 is 0. The van der Waals surface area contributed by atoms with E-state index in [1.165, 1.54) is 19.3 Å². The van der Waals surface area contributed by atoms with E-state index in [1.807, 2.05) is 7.05 Å². The van der Waals surface area contributed by atoms with E-state index in [9.17, 15) is 0 Å². The Balaban J connectivity index is 2.41. The van der Waals surface area contributed by atoms with Crippen molar-refractivity contribution in [2.24, 2.45) is 11.8 Å². The number of nitrogens with zero attached hydrogens (tertiary/aromatic N) is 1. The SMILES string of the molecule is CCC1CC(N(C)C)CC1CNNC. The van der Waals surface area contributed by atoms with Crippen LogP contribution in [0, 0.1) is 11.8 Å². The van der Waals surface area contributed by atoms with E-state index in [-0.39, 0.29) is 0 Å². The minimum absolute atomic E-state index is 0.795. The molecule has 84 valence electrons. The van der Waals surface area contributed by atoms with Crippen LogP contribution in [0.4, 0.5) is 0 Å². The van der Waals surface area contributed by atoms with Crippen LogP contribution >= 0.6 is 0 Å². The second-order valence-electron chi connectivity index (χ2n) is 4.65. The molecular weight excluding hydrogens is 174 g/mol. The molecule has 0 aromatic carbocycles. The van der Waals surface area contributed by atoms with E-state index in [0.29, 0.717) is 0 Å². The van der Waals surface area contributed by atoms with Crippen LogP contribution < -0.4 is 10.9 Å². The van der Waals surface area contributed by atoms with Crippen molar-refractivity contribution in [3.05, 3.63) is 0 Å². The average molecular weight is 199 g/mol. The number of hydrazine groups is 1. The zero-order valence-corrected chi connectivity index (χ0v) is 10.0. The molecule has 0 radical (unpaired) electrons. The highest BCUT2D eigenvalue weighted by molar-refractivity contribution is 4.87. The van der Waals surface area contributed by atoms with Gasteiger partial charge in [-0.05, 0) is 45.8 Å². The molecule has 1 saturated carbocycles. The first kappa shape index (κ1) is 12.0. The number of hydrogen-bond acceptors (Lipinski definition) is 3. The number of hydrogen-bond donors (Lipinski definition) is 2. The Bertz CT molecular complexity index is 159. The van der Waals surface area contributed by atoms with Crippen LogP contribution in [-0.2, 0) is 0 Å². The molecule has 14 heavy (non-hydrogen) atoms. The summed E-state index contributed by atoms with van der Waals surface area (Å²) in [7, 11) is 6.34. The molecule has 0 heterocycles. The van der Waals surface area contributed by atoms with Gasteiger partial charge in [0.25, 0.3) is 0 Å². The second-order valence-corrected chi connectivity index (χ2v) is 4.65. The zero-order valence-electron chi connectivity index (χ0n) is 10.0. The fourth-order valence-corrected chi connectivity index (χ4v) is 2.58. The van der Waals surface area contributed by atoms with Gasteiger partial charge in [0.05, 0.1) is 0 Å². The Kier molecular flexibility index (Phi) is 4.85. The van der Waals surface area contributed by atoms with Crippen LogP contribution in [0.15, 0.2) is 0 Å². The Labute approximate surface area is 88.2 Å². The van der Waals surface area contributed by atoms with E-state index in [0.717, 1.165) is 24.4 Å². The Morgan fingerprint density at radius 3 is 2.36 bits per heavy atom. The molecule has 0 aromatic heterocycles. The Morgan fingerprint density at radius 2 is 1.86 bits per heavy atom. The predicted molar refractivity (Wildman–Crippen MR) is 61.0 cm³/mol. The number of rotatable bonds is 5. The molecule has 0 saturated heterocycles. The maximum atomic E-state index is 3.25. The van der Waals surface area contributed by atoms with Gasteiger partial charge in [-0.1, -0.05) is 13.3 Å². The Hall–Kier alpha value is -0.120. The summed E-state index contributed by atoms with van der Waals surface area (Å²) >= 11 is 0. The lowest BCUT2D eigenvalue weighted by Crippen LogP contribution is -2.34. The van der Waals surface area contributed by atoms with Crippen molar-refractivity contribution in [2.45, 2.75) is 32.2 Å². The van der Waals surface area contributed by atoms with E-state index >= 15 is 0 Å². The van der Waals surface area contributed by atoms with Crippen molar-refractivity contribution >= 4 is 0 Å². The lowest BCUT2D eigenvalue weighted by molar-refractivity contribution is 0.288. The largest absolute Gasteiger partial charge is 0.306 e. The fraction of sp³-hybridized carbons (Fsp3) is 1.00. The van der Waals surface area contributed by atoms with Crippen LogP contribution in [0.25, 0.3) is 0 Å². The molecule has 0 spiro atoms. The highest BCUT2D eigenvalue weighted by Gasteiger charge is 2.33. The van der Waals surface area contributed by atoms with Crippen molar-refractivity contribution in [1.82, 2.24) is 15.8 Å². The third kappa shape index (κ3) is 2.94. The lowest BCUT2D eigenvalue weighted by atomic mass is 9.94. The zero-order chi connectivity index (χ0) is 10.6. The van der Waals surface area contributed by atoms with E-state index < -0.39 is 0 Å². The molecule has 1 fully saturated rings. The van der Waals surface area contributed by atoms with Gasteiger partial charge in [-0.2, -0.15) is 0 Å². The first-order valence-corrected chi connectivity index (χ1v) is 5.75. The van der Waals surface area contributed by atoms with Crippen molar-refractivity contribution < 1.29 is 0 Å². The summed E-state index contributed by atoms with van der Waals surface area (Å²) in [6, 6.07) is 0.795. The van der Waals surface area contributed by atoms with Crippen LogP contribution in [0.2, 0.25) is 0 Å². The Morgan fingerprint density at radius 1 is 1.21 bits per heavy atom. The van der Waals surface area contributed by atoms with Crippen molar-refractivity contribution in [3.63, 3.8) is 0 Å². The summed E-state index contributed by atoms with van der Waals surface area (Å²) in [5.41, 5.74) is 6.27. The van der Waals surface area contributed by atoms with Crippen molar-refractivity contribution in [1.29, 1.82) is 0 Å². The third-order valence-corrected chi connectivity index (χ3v) is 3.61. The lowest BCUT2D eigenvalue weighted by Gasteiger charge is -2.18. The first-order chi connectivity index (χ1) is 6.69. The summed E-state index contributed by atoms with van der Waals surface area (Å²) in [5.74, 6) is 1.75. The summed E-state index contributed by atoms with van der Waals surface area (Å²) in [4.78, 5) is 2.38. The monoisotopic (exact) mass is 199 g/mol. The molecule has 0 bridgehead atoms. The third-order valence-electron chi connectivity index (χ3n) is 3.61. The average Bonchev–Trinajstić information content (AvgIpc) is 2.57. The summed E-state index contributed by atoms with van der Waals surface area (Å²) in [6.45, 7) is 3.43. The molecule has 0 amide bonds. The molecule has 1 rings (SSSR count). The van der Waals surface area contributed by atoms with Crippen molar-refractivity contribution in [2.75, 3.05) is 27.7 Å². The molecule has 3 unspecified atom stereocenters. The van der Waals surface area contributed by atoms with Gasteiger partial charge in [-0.25, -0.2) is 0 Å².